The molecule has 0 aliphatic heterocycles. The summed E-state index contributed by atoms with van der Waals surface area (Å²) in [7, 11) is 0. The smallest absolute Gasteiger partial charge is 0.309 e. The summed E-state index contributed by atoms with van der Waals surface area (Å²) in [4.78, 5) is 22.1. The number of rotatable bonds is 13. The van der Waals surface area contributed by atoms with Crippen LogP contribution in [0.1, 0.15) is 85.0 Å². The number of carboxylic acid groups (broad SMARTS) is 2. The fourth-order valence-electron chi connectivity index (χ4n) is 2.49. The highest BCUT2D eigenvalue weighted by Crippen LogP contribution is 2.36. The van der Waals surface area contributed by atoms with Crippen molar-refractivity contribution in [1.29, 1.82) is 0 Å². The van der Waals surface area contributed by atoms with E-state index in [1.54, 1.807) is 6.92 Å². The second-order valence-corrected chi connectivity index (χ2v) is 6.40. The van der Waals surface area contributed by atoms with Gasteiger partial charge in [-0.2, -0.15) is 0 Å². The Hall–Kier alpha value is -1.14. The first-order valence-corrected chi connectivity index (χ1v) is 8.99. The first-order chi connectivity index (χ1) is 11.3. The topological polar surface area (TPSA) is 115 Å². The Morgan fingerprint density at radius 1 is 0.958 bits per heavy atom. The van der Waals surface area contributed by atoms with E-state index in [-0.39, 0.29) is 19.1 Å². The number of aliphatic carboxylic acids is 2. The van der Waals surface area contributed by atoms with E-state index in [1.165, 1.54) is 0 Å². The Kier molecular flexibility index (Phi) is 16.1. The molecule has 0 radical (unpaired) electrons. The highest BCUT2D eigenvalue weighted by Gasteiger charge is 2.36. The number of hydrogen-bond donors (Lipinski definition) is 4. The van der Waals surface area contributed by atoms with Crippen LogP contribution in [0.4, 0.5) is 0 Å². The highest BCUT2D eigenvalue weighted by atomic mass is 16.4. The summed E-state index contributed by atoms with van der Waals surface area (Å²) in [5, 5.41) is 34.6. The van der Waals surface area contributed by atoms with E-state index < -0.39 is 17.4 Å². The minimum Gasteiger partial charge on any atom is -0.481 e. The maximum Gasteiger partial charge on any atom is 0.309 e. The van der Waals surface area contributed by atoms with Gasteiger partial charge in [-0.25, -0.2) is 0 Å². The van der Waals surface area contributed by atoms with Gasteiger partial charge in [0.15, 0.2) is 0 Å². The fraction of sp³-hybridized carbons (Fsp3) is 0.889. The van der Waals surface area contributed by atoms with Gasteiger partial charge in [-0.05, 0) is 39.0 Å². The number of carbonyl (C=O) groups is 2. The Labute approximate surface area is 145 Å². The lowest BCUT2D eigenvalue weighted by molar-refractivity contribution is -0.151. The molecule has 0 fully saturated rings. The van der Waals surface area contributed by atoms with Crippen LogP contribution in [0.15, 0.2) is 0 Å². The molecule has 0 aliphatic carbocycles. The van der Waals surface area contributed by atoms with Crippen LogP contribution in [0.25, 0.3) is 0 Å². The maximum atomic E-state index is 11.6. The summed E-state index contributed by atoms with van der Waals surface area (Å²) in [6.45, 7) is 5.82. The number of aliphatic hydroxyl groups excluding tert-OH is 2. The average molecular weight is 348 g/mol. The van der Waals surface area contributed by atoms with Gasteiger partial charge < -0.3 is 20.4 Å². The SMILES string of the molecule is CC(O)CCO.CCCCC(CCCC)(CCCC(=O)O)C(=O)O. The van der Waals surface area contributed by atoms with Crippen molar-refractivity contribution in [3.63, 3.8) is 0 Å². The molecular weight excluding hydrogens is 312 g/mol. The first kappa shape index (κ1) is 25.1. The molecule has 0 saturated heterocycles. The lowest BCUT2D eigenvalue weighted by Gasteiger charge is -2.29. The molecular formula is C18H36O6. The van der Waals surface area contributed by atoms with Crippen molar-refractivity contribution >= 4 is 11.9 Å². The average Bonchev–Trinajstić information content (AvgIpc) is 2.49. The molecule has 0 spiro atoms. The summed E-state index contributed by atoms with van der Waals surface area (Å²) in [6, 6.07) is 0. The number of hydrogen-bond acceptors (Lipinski definition) is 4. The van der Waals surface area contributed by atoms with Crippen LogP contribution in [0.2, 0.25) is 0 Å². The van der Waals surface area contributed by atoms with E-state index >= 15 is 0 Å². The van der Waals surface area contributed by atoms with Crippen molar-refractivity contribution in [2.45, 2.75) is 91.1 Å². The number of aliphatic hydroxyl groups is 2. The van der Waals surface area contributed by atoms with Crippen LogP contribution < -0.4 is 0 Å². The molecule has 0 rings (SSSR count). The van der Waals surface area contributed by atoms with E-state index in [2.05, 4.69) is 0 Å². The molecule has 0 aromatic carbocycles. The Morgan fingerprint density at radius 2 is 1.42 bits per heavy atom. The Bertz CT molecular complexity index is 319. The first-order valence-electron chi connectivity index (χ1n) is 8.99. The third kappa shape index (κ3) is 13.3. The van der Waals surface area contributed by atoms with Crippen molar-refractivity contribution in [3.05, 3.63) is 0 Å². The summed E-state index contributed by atoms with van der Waals surface area (Å²) in [5.41, 5.74) is -0.707. The molecule has 0 aliphatic rings. The Morgan fingerprint density at radius 3 is 1.67 bits per heavy atom. The molecule has 0 bridgehead atoms. The van der Waals surface area contributed by atoms with E-state index in [0.29, 0.717) is 32.1 Å². The van der Waals surface area contributed by atoms with Crippen molar-refractivity contribution in [1.82, 2.24) is 0 Å². The van der Waals surface area contributed by atoms with Gasteiger partial charge in [0.25, 0.3) is 0 Å². The van der Waals surface area contributed by atoms with Gasteiger partial charge in [0.2, 0.25) is 0 Å². The monoisotopic (exact) mass is 348 g/mol. The van der Waals surface area contributed by atoms with Gasteiger partial charge in [0, 0.05) is 13.0 Å². The van der Waals surface area contributed by atoms with Crippen LogP contribution in [0.3, 0.4) is 0 Å². The molecule has 144 valence electrons. The lowest BCUT2D eigenvalue weighted by Crippen LogP contribution is -2.31. The molecule has 0 heterocycles. The summed E-state index contributed by atoms with van der Waals surface area (Å²) in [6.07, 6.45) is 6.19. The normalized spacial score (nSPS) is 12.2. The van der Waals surface area contributed by atoms with Gasteiger partial charge in [-0.3, -0.25) is 9.59 Å². The fourth-order valence-corrected chi connectivity index (χ4v) is 2.49. The van der Waals surface area contributed by atoms with Crippen LogP contribution in [0, 0.1) is 5.41 Å². The van der Waals surface area contributed by atoms with Crippen LogP contribution in [-0.4, -0.2) is 45.1 Å². The quantitative estimate of drug-likeness (QED) is 0.405. The highest BCUT2D eigenvalue weighted by molar-refractivity contribution is 5.74. The standard InChI is InChI=1S/C14H26O4.C4H10O2/c1-3-5-9-14(13(17)18,10-6-4-2)11-7-8-12(15)16;1-4(6)2-3-5/h3-11H2,1-2H3,(H,15,16)(H,17,18);4-6H,2-3H2,1H3. The van der Waals surface area contributed by atoms with Crippen molar-refractivity contribution < 1.29 is 30.0 Å². The van der Waals surface area contributed by atoms with E-state index in [1.807, 2.05) is 13.8 Å². The van der Waals surface area contributed by atoms with Crippen molar-refractivity contribution in [3.8, 4) is 0 Å². The van der Waals surface area contributed by atoms with Gasteiger partial charge in [-0.15, -0.1) is 0 Å². The van der Waals surface area contributed by atoms with E-state index in [9.17, 15) is 14.7 Å². The van der Waals surface area contributed by atoms with Gasteiger partial charge in [0.05, 0.1) is 11.5 Å². The van der Waals surface area contributed by atoms with Gasteiger partial charge >= 0.3 is 11.9 Å². The molecule has 4 N–H and O–H groups in total. The molecule has 0 aromatic rings. The minimum absolute atomic E-state index is 0.0628. The van der Waals surface area contributed by atoms with Crippen LogP contribution in [0.5, 0.6) is 0 Å². The zero-order chi connectivity index (χ0) is 19.0. The molecule has 0 amide bonds. The van der Waals surface area contributed by atoms with Crippen molar-refractivity contribution in [2.75, 3.05) is 6.61 Å². The predicted octanol–water partition coefficient (Wildman–Crippen LogP) is 3.44. The van der Waals surface area contributed by atoms with E-state index in [4.69, 9.17) is 15.3 Å². The predicted molar refractivity (Wildman–Crippen MR) is 94.0 cm³/mol. The Balaban J connectivity index is 0. The van der Waals surface area contributed by atoms with E-state index in [0.717, 1.165) is 25.7 Å². The molecule has 0 aromatic heterocycles. The number of carboxylic acids is 2. The summed E-state index contributed by atoms with van der Waals surface area (Å²) >= 11 is 0. The maximum absolute atomic E-state index is 11.6. The molecule has 1 unspecified atom stereocenters. The molecule has 6 nitrogen and oxygen atoms in total. The summed E-state index contributed by atoms with van der Waals surface area (Å²) < 4.78 is 0. The minimum atomic E-state index is -0.847. The van der Waals surface area contributed by atoms with Gasteiger partial charge in [0.1, 0.15) is 0 Å². The lowest BCUT2D eigenvalue weighted by atomic mass is 9.74. The summed E-state index contributed by atoms with van der Waals surface area (Å²) in [5.74, 6) is -1.60. The zero-order valence-corrected chi connectivity index (χ0v) is 15.5. The van der Waals surface area contributed by atoms with Gasteiger partial charge in [-0.1, -0.05) is 39.5 Å². The molecule has 24 heavy (non-hydrogen) atoms. The molecule has 0 saturated carbocycles. The van der Waals surface area contributed by atoms with Crippen LogP contribution in [-0.2, 0) is 9.59 Å². The second-order valence-electron chi connectivity index (χ2n) is 6.40. The largest absolute Gasteiger partial charge is 0.481 e. The van der Waals surface area contributed by atoms with Crippen LogP contribution >= 0.6 is 0 Å². The third-order valence-corrected chi connectivity index (χ3v) is 4.06. The third-order valence-electron chi connectivity index (χ3n) is 4.06. The van der Waals surface area contributed by atoms with Crippen molar-refractivity contribution in [2.24, 2.45) is 5.41 Å². The molecule has 6 heteroatoms. The second kappa shape index (κ2) is 15.4. The number of unbranched alkanes of at least 4 members (excludes halogenated alkanes) is 2. The molecule has 1 atom stereocenters. The zero-order valence-electron chi connectivity index (χ0n) is 15.5.